The van der Waals surface area contributed by atoms with E-state index >= 15 is 0 Å². The maximum Gasteiger partial charge on any atom is 0.119 e. The van der Waals surface area contributed by atoms with Crippen molar-refractivity contribution in [2.24, 2.45) is 5.92 Å². The van der Waals surface area contributed by atoms with E-state index in [0.717, 1.165) is 57.7 Å². The first-order chi connectivity index (χ1) is 18.0. The fraction of sp³-hybridized carbons (Fsp3) is 0.471. The molecule has 0 radical (unpaired) electrons. The van der Waals surface area contributed by atoms with Crippen LogP contribution in [0, 0.1) is 5.92 Å². The molecule has 1 N–H and O–H groups in total. The number of benzene rings is 3. The SMILES string of the molecule is CC(C)=CCCC(C)CCN(CCO)Cc1ccc2cc(OCCCCCc3ccccc3)ccc2c1. The lowest BCUT2D eigenvalue weighted by atomic mass is 10.0. The molecule has 1 unspecified atom stereocenters. The fourth-order valence-corrected chi connectivity index (χ4v) is 4.78. The lowest BCUT2D eigenvalue weighted by Crippen LogP contribution is -2.28. The second-order valence-electron chi connectivity index (χ2n) is 10.7. The highest BCUT2D eigenvalue weighted by atomic mass is 16.5. The number of aliphatic hydroxyl groups excluding tert-OH is 1. The summed E-state index contributed by atoms with van der Waals surface area (Å²) in [6, 6.07) is 23.8. The Morgan fingerprint density at radius 1 is 0.865 bits per heavy atom. The summed E-state index contributed by atoms with van der Waals surface area (Å²) in [5, 5.41) is 12.0. The molecule has 0 aromatic heterocycles. The molecule has 0 fully saturated rings. The zero-order valence-electron chi connectivity index (χ0n) is 23.3. The molecule has 0 amide bonds. The van der Waals surface area contributed by atoms with Gasteiger partial charge < -0.3 is 9.84 Å². The molecule has 37 heavy (non-hydrogen) atoms. The quantitative estimate of drug-likeness (QED) is 0.149. The number of nitrogens with zero attached hydrogens (tertiary/aromatic N) is 1. The third-order valence-corrected chi connectivity index (χ3v) is 7.07. The number of rotatable bonds is 17. The molecule has 3 aromatic carbocycles. The first-order valence-electron chi connectivity index (χ1n) is 14.2. The molecular weight excluding hydrogens is 454 g/mol. The van der Waals surface area contributed by atoms with Crippen LogP contribution in [0.1, 0.15) is 70.4 Å². The number of aryl methyl sites for hydroxylation is 1. The van der Waals surface area contributed by atoms with E-state index in [4.69, 9.17) is 4.74 Å². The Hall–Kier alpha value is -2.62. The van der Waals surface area contributed by atoms with E-state index in [9.17, 15) is 5.11 Å². The smallest absolute Gasteiger partial charge is 0.119 e. The van der Waals surface area contributed by atoms with Gasteiger partial charge in [0.2, 0.25) is 0 Å². The molecule has 3 rings (SSSR count). The van der Waals surface area contributed by atoms with Gasteiger partial charge in [-0.05, 0) is 111 Å². The van der Waals surface area contributed by atoms with Crippen molar-refractivity contribution in [3.05, 3.63) is 89.5 Å². The average Bonchev–Trinajstić information content (AvgIpc) is 2.90. The van der Waals surface area contributed by atoms with Crippen molar-refractivity contribution in [1.29, 1.82) is 0 Å². The first-order valence-corrected chi connectivity index (χ1v) is 14.2. The molecule has 0 bridgehead atoms. The van der Waals surface area contributed by atoms with Gasteiger partial charge in [0.05, 0.1) is 13.2 Å². The molecule has 1 atom stereocenters. The van der Waals surface area contributed by atoms with Crippen LogP contribution < -0.4 is 4.74 Å². The summed E-state index contributed by atoms with van der Waals surface area (Å²) in [7, 11) is 0. The van der Waals surface area contributed by atoms with E-state index in [1.165, 1.54) is 46.7 Å². The van der Waals surface area contributed by atoms with Crippen LogP contribution in [0.5, 0.6) is 5.75 Å². The highest BCUT2D eigenvalue weighted by Gasteiger charge is 2.10. The molecule has 0 heterocycles. The van der Waals surface area contributed by atoms with Gasteiger partial charge in [-0.3, -0.25) is 4.90 Å². The second kappa shape index (κ2) is 16.3. The Bertz CT molecular complexity index is 1070. The number of aliphatic hydroxyl groups is 1. The summed E-state index contributed by atoms with van der Waals surface area (Å²) >= 11 is 0. The molecule has 3 heteroatoms. The third kappa shape index (κ3) is 11.1. The molecule has 200 valence electrons. The van der Waals surface area contributed by atoms with Crippen LogP contribution in [0.25, 0.3) is 10.8 Å². The lowest BCUT2D eigenvalue weighted by molar-refractivity contribution is 0.181. The summed E-state index contributed by atoms with van der Waals surface area (Å²) in [5.41, 5.74) is 4.12. The largest absolute Gasteiger partial charge is 0.494 e. The minimum Gasteiger partial charge on any atom is -0.494 e. The van der Waals surface area contributed by atoms with Crippen molar-refractivity contribution in [3.8, 4) is 5.75 Å². The summed E-state index contributed by atoms with van der Waals surface area (Å²) in [6.07, 6.45) is 10.5. The van der Waals surface area contributed by atoms with Gasteiger partial charge in [0.15, 0.2) is 0 Å². The van der Waals surface area contributed by atoms with E-state index in [-0.39, 0.29) is 6.61 Å². The maximum absolute atomic E-state index is 9.59. The lowest BCUT2D eigenvalue weighted by Gasteiger charge is -2.23. The number of fused-ring (bicyclic) bond motifs is 1. The van der Waals surface area contributed by atoms with Crippen LogP contribution in [-0.4, -0.2) is 36.3 Å². The number of allylic oxidation sites excluding steroid dienone is 2. The van der Waals surface area contributed by atoms with Gasteiger partial charge in [0, 0.05) is 13.1 Å². The van der Waals surface area contributed by atoms with Crippen LogP contribution in [0.4, 0.5) is 0 Å². The monoisotopic (exact) mass is 501 g/mol. The Balaban J connectivity index is 1.44. The minimum atomic E-state index is 0.201. The summed E-state index contributed by atoms with van der Waals surface area (Å²) in [5.74, 6) is 1.64. The molecular formula is C34H47NO2. The Morgan fingerprint density at radius 2 is 1.65 bits per heavy atom. The number of unbranched alkanes of at least 4 members (excludes halogenated alkanes) is 2. The highest BCUT2D eigenvalue weighted by Crippen LogP contribution is 2.23. The Morgan fingerprint density at radius 3 is 2.43 bits per heavy atom. The third-order valence-electron chi connectivity index (χ3n) is 7.07. The van der Waals surface area contributed by atoms with Crippen molar-refractivity contribution in [3.63, 3.8) is 0 Å². The maximum atomic E-state index is 9.59. The predicted octanol–water partition coefficient (Wildman–Crippen LogP) is 8.20. The average molecular weight is 502 g/mol. The van der Waals surface area contributed by atoms with Crippen molar-refractivity contribution in [1.82, 2.24) is 4.90 Å². The van der Waals surface area contributed by atoms with Crippen molar-refractivity contribution in [2.45, 2.75) is 72.3 Å². The van der Waals surface area contributed by atoms with Gasteiger partial charge in [-0.15, -0.1) is 0 Å². The standard InChI is InChI=1S/C34H47NO2/c1-28(2)11-10-12-29(3)20-21-35(22-23-36)27-31-16-17-33-26-34(19-18-32(33)25-31)37-24-9-5-8-15-30-13-6-4-7-14-30/h4,6-7,11,13-14,16-19,25-26,29,36H,5,8-10,12,15,20-24,27H2,1-3H3. The van der Waals surface area contributed by atoms with E-state index in [0.29, 0.717) is 5.92 Å². The molecule has 0 aliphatic heterocycles. The Kier molecular flexibility index (Phi) is 12.7. The van der Waals surface area contributed by atoms with Crippen molar-refractivity contribution < 1.29 is 9.84 Å². The van der Waals surface area contributed by atoms with E-state index in [1.54, 1.807) is 0 Å². The van der Waals surface area contributed by atoms with Gasteiger partial charge >= 0.3 is 0 Å². The molecule has 0 spiro atoms. The van der Waals surface area contributed by atoms with E-state index < -0.39 is 0 Å². The van der Waals surface area contributed by atoms with Crippen LogP contribution in [0.15, 0.2) is 78.4 Å². The number of ether oxygens (including phenoxy) is 1. The molecule has 3 aromatic rings. The molecule has 0 aliphatic carbocycles. The van der Waals surface area contributed by atoms with Crippen LogP contribution in [-0.2, 0) is 13.0 Å². The van der Waals surface area contributed by atoms with E-state index in [1.807, 2.05) is 0 Å². The van der Waals surface area contributed by atoms with Crippen LogP contribution in [0.2, 0.25) is 0 Å². The summed E-state index contributed by atoms with van der Waals surface area (Å²) < 4.78 is 6.05. The Labute approximate surface area is 225 Å². The molecule has 0 saturated heterocycles. The van der Waals surface area contributed by atoms with Gasteiger partial charge in [-0.1, -0.05) is 67.1 Å². The first kappa shape index (κ1) is 28.9. The van der Waals surface area contributed by atoms with Crippen LogP contribution >= 0.6 is 0 Å². The van der Waals surface area contributed by atoms with Crippen molar-refractivity contribution in [2.75, 3.05) is 26.3 Å². The van der Waals surface area contributed by atoms with Gasteiger partial charge in [0.1, 0.15) is 5.75 Å². The van der Waals surface area contributed by atoms with Gasteiger partial charge in [-0.2, -0.15) is 0 Å². The zero-order chi connectivity index (χ0) is 26.3. The van der Waals surface area contributed by atoms with Gasteiger partial charge in [0.25, 0.3) is 0 Å². The zero-order valence-corrected chi connectivity index (χ0v) is 23.3. The summed E-state index contributed by atoms with van der Waals surface area (Å²) in [6.45, 7) is 10.3. The fourth-order valence-electron chi connectivity index (χ4n) is 4.78. The summed E-state index contributed by atoms with van der Waals surface area (Å²) in [4.78, 5) is 2.38. The van der Waals surface area contributed by atoms with E-state index in [2.05, 4.69) is 98.5 Å². The van der Waals surface area contributed by atoms with Crippen molar-refractivity contribution >= 4 is 10.8 Å². The highest BCUT2D eigenvalue weighted by molar-refractivity contribution is 5.84. The van der Waals surface area contributed by atoms with Gasteiger partial charge in [-0.25, -0.2) is 0 Å². The topological polar surface area (TPSA) is 32.7 Å². The molecule has 0 aliphatic rings. The minimum absolute atomic E-state index is 0.201. The number of hydrogen-bond acceptors (Lipinski definition) is 3. The van der Waals surface area contributed by atoms with Crippen LogP contribution in [0.3, 0.4) is 0 Å². The predicted molar refractivity (Wildman–Crippen MR) is 158 cm³/mol. The number of hydrogen-bond donors (Lipinski definition) is 1. The normalized spacial score (nSPS) is 12.1. The molecule has 3 nitrogen and oxygen atoms in total. The second-order valence-corrected chi connectivity index (χ2v) is 10.7. The molecule has 0 saturated carbocycles.